The summed E-state index contributed by atoms with van der Waals surface area (Å²) in [5.74, 6) is -0.273. The van der Waals surface area contributed by atoms with E-state index in [1.54, 1.807) is 36.7 Å². The lowest BCUT2D eigenvalue weighted by Crippen LogP contribution is -1.99. The minimum Gasteiger partial charge on any atom is -0.487 e. The number of ether oxygens (including phenoxy) is 1. The molecule has 0 aliphatic heterocycles. The van der Waals surface area contributed by atoms with E-state index < -0.39 is 5.97 Å². The number of carboxylic acids is 1. The van der Waals surface area contributed by atoms with E-state index in [4.69, 9.17) is 9.84 Å². The molecule has 0 radical (unpaired) electrons. The van der Waals surface area contributed by atoms with E-state index in [9.17, 15) is 4.79 Å². The summed E-state index contributed by atoms with van der Waals surface area (Å²) in [6, 6.07) is 8.39. The number of hydrogen-bond acceptors (Lipinski definition) is 3. The third-order valence-electron chi connectivity index (χ3n) is 2.29. The van der Waals surface area contributed by atoms with Crippen LogP contribution in [0.25, 0.3) is 0 Å². The SMILES string of the molecule is O=C(O)c1ccc(COc2cncc(Br)c2)cc1. The van der Waals surface area contributed by atoms with E-state index in [0.29, 0.717) is 12.4 Å². The molecule has 0 saturated heterocycles. The van der Waals surface area contributed by atoms with Gasteiger partial charge in [-0.15, -0.1) is 0 Å². The number of rotatable bonds is 4. The Morgan fingerprint density at radius 2 is 2.00 bits per heavy atom. The van der Waals surface area contributed by atoms with Gasteiger partial charge in [-0.1, -0.05) is 12.1 Å². The van der Waals surface area contributed by atoms with Gasteiger partial charge >= 0.3 is 5.97 Å². The highest BCUT2D eigenvalue weighted by atomic mass is 79.9. The number of hydrogen-bond donors (Lipinski definition) is 1. The lowest BCUT2D eigenvalue weighted by molar-refractivity contribution is 0.0697. The molecule has 1 aromatic carbocycles. The average molecular weight is 308 g/mol. The van der Waals surface area contributed by atoms with Gasteiger partial charge in [-0.25, -0.2) is 4.79 Å². The van der Waals surface area contributed by atoms with Crippen LogP contribution in [0.4, 0.5) is 0 Å². The van der Waals surface area contributed by atoms with E-state index in [1.165, 1.54) is 0 Å². The molecule has 0 atom stereocenters. The van der Waals surface area contributed by atoms with E-state index in [0.717, 1.165) is 10.0 Å². The summed E-state index contributed by atoms with van der Waals surface area (Å²) < 4.78 is 6.38. The molecule has 2 rings (SSSR count). The Bertz CT molecular complexity index is 554. The van der Waals surface area contributed by atoms with Gasteiger partial charge in [-0.05, 0) is 39.7 Å². The van der Waals surface area contributed by atoms with Crippen LogP contribution < -0.4 is 4.74 Å². The van der Waals surface area contributed by atoms with E-state index >= 15 is 0 Å². The first-order valence-electron chi connectivity index (χ1n) is 5.21. The first-order valence-corrected chi connectivity index (χ1v) is 6.00. The molecule has 2 aromatic rings. The first kappa shape index (κ1) is 12.6. The number of halogens is 1. The fraction of sp³-hybridized carbons (Fsp3) is 0.0769. The molecule has 0 amide bonds. The van der Waals surface area contributed by atoms with Crippen molar-refractivity contribution in [2.45, 2.75) is 6.61 Å². The largest absolute Gasteiger partial charge is 0.487 e. The Hall–Kier alpha value is -1.88. The second-order valence-corrected chi connectivity index (χ2v) is 4.55. The number of aromatic nitrogens is 1. The highest BCUT2D eigenvalue weighted by molar-refractivity contribution is 9.10. The summed E-state index contributed by atoms with van der Waals surface area (Å²) in [5.41, 5.74) is 1.17. The van der Waals surface area contributed by atoms with E-state index in [-0.39, 0.29) is 5.56 Å². The van der Waals surface area contributed by atoms with Gasteiger partial charge in [-0.2, -0.15) is 0 Å². The molecular formula is C13H10BrNO3. The van der Waals surface area contributed by atoms with Crippen LogP contribution in [0.5, 0.6) is 5.75 Å². The fourth-order valence-corrected chi connectivity index (χ4v) is 1.73. The van der Waals surface area contributed by atoms with Crippen molar-refractivity contribution in [3.63, 3.8) is 0 Å². The zero-order chi connectivity index (χ0) is 13.0. The third kappa shape index (κ3) is 3.30. The van der Waals surface area contributed by atoms with Crippen LogP contribution in [0.15, 0.2) is 47.2 Å². The molecule has 1 heterocycles. The average Bonchev–Trinajstić information content (AvgIpc) is 2.37. The van der Waals surface area contributed by atoms with Gasteiger partial charge in [0.15, 0.2) is 0 Å². The van der Waals surface area contributed by atoms with Crippen molar-refractivity contribution in [1.29, 1.82) is 0 Å². The molecule has 92 valence electrons. The lowest BCUT2D eigenvalue weighted by Gasteiger charge is -2.06. The molecule has 0 fully saturated rings. The van der Waals surface area contributed by atoms with Crippen molar-refractivity contribution >= 4 is 21.9 Å². The van der Waals surface area contributed by atoms with Gasteiger partial charge in [0.2, 0.25) is 0 Å². The number of carbonyl (C=O) groups is 1. The predicted octanol–water partition coefficient (Wildman–Crippen LogP) is 3.12. The van der Waals surface area contributed by atoms with Crippen LogP contribution in [0.3, 0.4) is 0 Å². The summed E-state index contributed by atoms with van der Waals surface area (Å²) in [6.07, 6.45) is 3.30. The molecule has 0 unspecified atom stereocenters. The van der Waals surface area contributed by atoms with E-state index in [1.807, 2.05) is 6.07 Å². The van der Waals surface area contributed by atoms with Crippen LogP contribution in [0.1, 0.15) is 15.9 Å². The van der Waals surface area contributed by atoms with Crippen molar-refractivity contribution in [2.24, 2.45) is 0 Å². The van der Waals surface area contributed by atoms with E-state index in [2.05, 4.69) is 20.9 Å². The number of nitrogens with zero attached hydrogens (tertiary/aromatic N) is 1. The molecule has 1 N–H and O–H groups in total. The van der Waals surface area contributed by atoms with Crippen LogP contribution in [-0.2, 0) is 6.61 Å². The zero-order valence-electron chi connectivity index (χ0n) is 9.34. The Kier molecular flexibility index (Phi) is 3.94. The minimum atomic E-state index is -0.932. The molecule has 1 aromatic heterocycles. The molecule has 5 heteroatoms. The summed E-state index contributed by atoms with van der Waals surface area (Å²) in [6.45, 7) is 0.373. The Morgan fingerprint density at radius 3 is 2.61 bits per heavy atom. The van der Waals surface area contributed by atoms with Crippen molar-refractivity contribution in [3.05, 3.63) is 58.3 Å². The third-order valence-corrected chi connectivity index (χ3v) is 2.72. The maximum Gasteiger partial charge on any atom is 0.335 e. The van der Waals surface area contributed by atoms with Crippen molar-refractivity contribution < 1.29 is 14.6 Å². The van der Waals surface area contributed by atoms with Crippen LogP contribution in [-0.4, -0.2) is 16.1 Å². The molecule has 18 heavy (non-hydrogen) atoms. The monoisotopic (exact) mass is 307 g/mol. The van der Waals surface area contributed by atoms with Crippen LogP contribution in [0.2, 0.25) is 0 Å². The quantitative estimate of drug-likeness (QED) is 0.943. The van der Waals surface area contributed by atoms with Gasteiger partial charge in [-0.3, -0.25) is 4.98 Å². The van der Waals surface area contributed by atoms with Crippen molar-refractivity contribution in [1.82, 2.24) is 4.98 Å². The van der Waals surface area contributed by atoms with Crippen molar-refractivity contribution in [3.8, 4) is 5.75 Å². The number of aromatic carboxylic acids is 1. The predicted molar refractivity (Wildman–Crippen MR) is 69.7 cm³/mol. The standard InChI is InChI=1S/C13H10BrNO3/c14-11-5-12(7-15-6-11)18-8-9-1-3-10(4-2-9)13(16)17/h1-7H,8H2,(H,16,17). The van der Waals surface area contributed by atoms with Gasteiger partial charge < -0.3 is 9.84 Å². The Morgan fingerprint density at radius 1 is 1.28 bits per heavy atom. The number of pyridine rings is 1. The highest BCUT2D eigenvalue weighted by Crippen LogP contribution is 2.17. The molecular weight excluding hydrogens is 298 g/mol. The number of benzene rings is 1. The zero-order valence-corrected chi connectivity index (χ0v) is 10.9. The maximum atomic E-state index is 10.7. The van der Waals surface area contributed by atoms with Gasteiger partial charge in [0.1, 0.15) is 12.4 Å². The lowest BCUT2D eigenvalue weighted by atomic mass is 10.1. The fourth-order valence-electron chi connectivity index (χ4n) is 1.38. The first-order chi connectivity index (χ1) is 8.65. The molecule has 0 spiro atoms. The molecule has 0 bridgehead atoms. The van der Waals surface area contributed by atoms with Crippen molar-refractivity contribution in [2.75, 3.05) is 0 Å². The minimum absolute atomic E-state index is 0.267. The molecule has 0 aliphatic carbocycles. The summed E-state index contributed by atoms with van der Waals surface area (Å²) in [5, 5.41) is 8.77. The topological polar surface area (TPSA) is 59.4 Å². The normalized spacial score (nSPS) is 10.1. The Balaban J connectivity index is 2.00. The summed E-state index contributed by atoms with van der Waals surface area (Å²) >= 11 is 3.31. The second-order valence-electron chi connectivity index (χ2n) is 3.63. The second kappa shape index (κ2) is 5.64. The van der Waals surface area contributed by atoms with Crippen LogP contribution >= 0.6 is 15.9 Å². The van der Waals surface area contributed by atoms with Gasteiger partial charge in [0.25, 0.3) is 0 Å². The smallest absolute Gasteiger partial charge is 0.335 e. The molecule has 4 nitrogen and oxygen atoms in total. The van der Waals surface area contributed by atoms with Gasteiger partial charge in [0, 0.05) is 10.7 Å². The summed E-state index contributed by atoms with van der Waals surface area (Å²) in [4.78, 5) is 14.7. The molecule has 0 aliphatic rings. The maximum absolute atomic E-state index is 10.7. The number of carboxylic acid groups (broad SMARTS) is 1. The van der Waals surface area contributed by atoms with Gasteiger partial charge in [0.05, 0.1) is 11.8 Å². The highest BCUT2D eigenvalue weighted by Gasteiger charge is 2.02. The summed E-state index contributed by atoms with van der Waals surface area (Å²) in [7, 11) is 0. The Labute approximate surface area is 112 Å². The molecule has 0 saturated carbocycles. The van der Waals surface area contributed by atoms with Crippen LogP contribution in [0, 0.1) is 0 Å².